The second kappa shape index (κ2) is 17.1. The van der Waals surface area contributed by atoms with Gasteiger partial charge in [0.15, 0.2) is 17.7 Å². The Kier molecular flexibility index (Phi) is 13.3. The van der Waals surface area contributed by atoms with E-state index in [1.807, 2.05) is 6.92 Å². The van der Waals surface area contributed by atoms with Gasteiger partial charge in [0.25, 0.3) is 0 Å². The van der Waals surface area contributed by atoms with Gasteiger partial charge in [-0.3, -0.25) is 9.36 Å². The number of ether oxygens (including phenoxy) is 3. The van der Waals surface area contributed by atoms with Crippen LogP contribution in [0.5, 0.6) is 0 Å². The van der Waals surface area contributed by atoms with Gasteiger partial charge >= 0.3 is 12.1 Å². The molecular formula is C33H49N11O9S. The maximum Gasteiger partial charge on any atom is 0.407 e. The Morgan fingerprint density at radius 1 is 1.06 bits per heavy atom. The lowest BCUT2D eigenvalue weighted by atomic mass is 9.98. The van der Waals surface area contributed by atoms with E-state index in [2.05, 4.69) is 40.3 Å². The molecule has 21 heteroatoms. The summed E-state index contributed by atoms with van der Waals surface area (Å²) >= 11 is 0. The number of aromatic nitrogens is 4. The molecule has 1 amide bonds. The molecule has 1 aliphatic rings. The van der Waals surface area contributed by atoms with Crippen molar-refractivity contribution in [2.45, 2.75) is 120 Å². The highest BCUT2D eigenvalue weighted by molar-refractivity contribution is 7.89. The topological polar surface area (TPSA) is 291 Å². The van der Waals surface area contributed by atoms with Gasteiger partial charge in [0.05, 0.1) is 17.3 Å². The summed E-state index contributed by atoms with van der Waals surface area (Å²) in [5.41, 5.74) is 15.1. The zero-order chi connectivity index (χ0) is 40.0. The second-order valence-corrected chi connectivity index (χ2v) is 16.6. The molecule has 3 heterocycles. The highest BCUT2D eigenvalue weighted by Gasteiger charge is 2.45. The Bertz CT molecular complexity index is 1940. The summed E-state index contributed by atoms with van der Waals surface area (Å²) in [6.45, 7) is 12.4. The molecule has 0 aliphatic carbocycles. The quantitative estimate of drug-likeness (QED) is 0.0426. The van der Waals surface area contributed by atoms with E-state index in [4.69, 9.17) is 19.9 Å². The first-order valence-electron chi connectivity index (χ1n) is 17.3. The summed E-state index contributed by atoms with van der Waals surface area (Å²) in [5, 5.41) is 31.5. The number of nitrogens with two attached hydrogens (primary N) is 1. The minimum absolute atomic E-state index is 0.0203. The second-order valence-electron chi connectivity index (χ2n) is 14.9. The monoisotopic (exact) mass is 775 g/mol. The predicted molar refractivity (Wildman–Crippen MR) is 196 cm³/mol. The van der Waals surface area contributed by atoms with Crippen LogP contribution in [0.25, 0.3) is 21.6 Å². The number of fused-ring (bicyclic) bond motifs is 1. The molecule has 2 unspecified atom stereocenters. The molecule has 1 fully saturated rings. The molecule has 296 valence electrons. The van der Waals surface area contributed by atoms with Gasteiger partial charge in [0.1, 0.15) is 35.0 Å². The number of rotatable bonds is 15. The molecule has 2 aromatic heterocycles. The van der Waals surface area contributed by atoms with E-state index >= 15 is 0 Å². The van der Waals surface area contributed by atoms with Crippen LogP contribution in [-0.4, -0.2) is 105 Å². The molecule has 4 rings (SSSR count). The fourth-order valence-corrected chi connectivity index (χ4v) is 6.72. The summed E-state index contributed by atoms with van der Waals surface area (Å²) in [7, 11) is -4.15. The van der Waals surface area contributed by atoms with Crippen molar-refractivity contribution in [3.05, 3.63) is 46.6 Å². The van der Waals surface area contributed by atoms with Gasteiger partial charge in [0, 0.05) is 24.0 Å². The number of aryl methyl sites for hydroxylation is 1. The van der Waals surface area contributed by atoms with Crippen molar-refractivity contribution in [1.29, 1.82) is 0 Å². The van der Waals surface area contributed by atoms with Crippen molar-refractivity contribution >= 4 is 45.0 Å². The maximum absolute atomic E-state index is 13.2. The Hall–Kier alpha value is -4.79. The molecule has 3 aromatic rings. The SMILES string of the molecule is Cc1ccc(S(=O)(=O)NC(CCC(C[C@H]2O[C@@H](n3cnc4c(N)nc(NCCNC(=O)OC(C)(C)C)nc43)[C@H](O)[C@@H]2O)N=[N+]=[N-])C(=O)OC(C)(C)C)cc1. The first-order chi connectivity index (χ1) is 25.2. The van der Waals surface area contributed by atoms with Gasteiger partial charge in [-0.05, 0) is 85.4 Å². The van der Waals surface area contributed by atoms with Gasteiger partial charge in [-0.1, -0.05) is 22.8 Å². The lowest BCUT2D eigenvalue weighted by molar-refractivity contribution is -0.157. The Morgan fingerprint density at radius 2 is 1.72 bits per heavy atom. The molecule has 7 N–H and O–H groups in total. The molecule has 54 heavy (non-hydrogen) atoms. The number of aliphatic hydroxyl groups excluding tert-OH is 2. The van der Waals surface area contributed by atoms with Crippen molar-refractivity contribution in [3.8, 4) is 0 Å². The van der Waals surface area contributed by atoms with Gasteiger partial charge in [0.2, 0.25) is 16.0 Å². The van der Waals surface area contributed by atoms with Crippen LogP contribution >= 0.6 is 0 Å². The molecule has 6 atom stereocenters. The predicted octanol–water partition coefficient (Wildman–Crippen LogP) is 2.81. The number of esters is 1. The zero-order valence-corrected chi connectivity index (χ0v) is 32.1. The number of benzene rings is 1. The number of nitrogens with zero attached hydrogens (tertiary/aromatic N) is 7. The first-order valence-corrected chi connectivity index (χ1v) is 18.7. The highest BCUT2D eigenvalue weighted by Crippen LogP contribution is 2.35. The van der Waals surface area contributed by atoms with E-state index in [9.17, 15) is 33.8 Å². The third-order valence-corrected chi connectivity index (χ3v) is 9.45. The van der Waals surface area contributed by atoms with E-state index in [-0.39, 0.29) is 60.2 Å². The van der Waals surface area contributed by atoms with Crippen molar-refractivity contribution < 1.29 is 42.4 Å². The van der Waals surface area contributed by atoms with Crippen LogP contribution in [0.3, 0.4) is 0 Å². The number of anilines is 2. The number of aliphatic hydroxyl groups is 2. The fourth-order valence-electron chi connectivity index (χ4n) is 5.50. The summed E-state index contributed by atoms with van der Waals surface area (Å²) in [6, 6.07) is 3.84. The number of azide groups is 1. The highest BCUT2D eigenvalue weighted by atomic mass is 32.2. The third kappa shape index (κ3) is 11.4. The lowest BCUT2D eigenvalue weighted by Crippen LogP contribution is -2.44. The van der Waals surface area contributed by atoms with Crippen LogP contribution in [-0.2, 0) is 29.0 Å². The largest absolute Gasteiger partial charge is 0.459 e. The zero-order valence-electron chi connectivity index (χ0n) is 31.3. The minimum Gasteiger partial charge on any atom is -0.459 e. The average molecular weight is 776 g/mol. The summed E-state index contributed by atoms with van der Waals surface area (Å²) in [6.07, 6.45) is -4.74. The van der Waals surface area contributed by atoms with Crippen LogP contribution < -0.4 is 21.1 Å². The summed E-state index contributed by atoms with van der Waals surface area (Å²) in [4.78, 5) is 40.9. The Labute approximate surface area is 312 Å². The normalized spacial score (nSPS) is 20.2. The molecule has 0 spiro atoms. The van der Waals surface area contributed by atoms with Crippen LogP contribution in [0, 0.1) is 6.92 Å². The fraction of sp³-hybridized carbons (Fsp3) is 0.606. The van der Waals surface area contributed by atoms with E-state index in [0.717, 1.165) is 5.56 Å². The lowest BCUT2D eigenvalue weighted by Gasteiger charge is -2.26. The van der Waals surface area contributed by atoms with Crippen molar-refractivity contribution in [2.24, 2.45) is 5.11 Å². The van der Waals surface area contributed by atoms with Crippen LogP contribution in [0.15, 0.2) is 40.6 Å². The van der Waals surface area contributed by atoms with Gasteiger partial charge in [-0.15, -0.1) is 0 Å². The molecule has 0 bridgehead atoms. The molecule has 20 nitrogen and oxygen atoms in total. The van der Waals surface area contributed by atoms with Crippen molar-refractivity contribution in [3.63, 3.8) is 0 Å². The number of amides is 1. The number of alkyl carbamates (subject to hydrolysis) is 1. The maximum atomic E-state index is 13.2. The number of imidazole rings is 1. The molecule has 0 radical (unpaired) electrons. The van der Waals surface area contributed by atoms with E-state index in [0.29, 0.717) is 0 Å². The average Bonchev–Trinajstić information content (AvgIpc) is 3.60. The number of nitrogens with one attached hydrogen (secondary N) is 3. The molecule has 1 saturated heterocycles. The van der Waals surface area contributed by atoms with Gasteiger partial charge in [-0.2, -0.15) is 14.7 Å². The van der Waals surface area contributed by atoms with Crippen LogP contribution in [0.4, 0.5) is 16.6 Å². The number of nitrogen functional groups attached to an aromatic ring is 1. The number of sulfonamides is 1. The van der Waals surface area contributed by atoms with E-state index in [1.54, 1.807) is 53.7 Å². The van der Waals surface area contributed by atoms with Crippen LogP contribution in [0.2, 0.25) is 0 Å². The number of hydrogen-bond donors (Lipinski definition) is 6. The summed E-state index contributed by atoms with van der Waals surface area (Å²) < 4.78 is 47.1. The standard InChI is InChI=1S/C33H49N11O9S/c1-18-8-11-20(12-9-18)54(49,50)42-21(29(47)52-32(2,3)4)13-10-19(41-43-35)16-22-24(45)25(46)28(51-22)44-17-38-23-26(34)39-30(40-27(23)44)36-14-15-37-31(48)53-33(5,6)7/h8-9,11-12,17,19,21-22,24-25,28,42,45-46H,10,13-16H2,1-7H3,(H,37,48)(H3,34,36,39,40)/t19?,21?,22-,24-,25-,28-/m1/s1. The van der Waals surface area contributed by atoms with Crippen molar-refractivity contribution in [2.75, 3.05) is 24.1 Å². The number of carbonyl (C=O) groups excluding carboxylic acids is 2. The minimum atomic E-state index is -4.15. The van der Waals surface area contributed by atoms with Gasteiger partial charge < -0.3 is 40.8 Å². The van der Waals surface area contributed by atoms with E-state index in [1.165, 1.54) is 23.0 Å². The number of hydrogen-bond acceptors (Lipinski definition) is 15. The van der Waals surface area contributed by atoms with Crippen LogP contribution in [0.1, 0.15) is 72.6 Å². The van der Waals surface area contributed by atoms with Crippen molar-refractivity contribution in [1.82, 2.24) is 29.6 Å². The smallest absolute Gasteiger partial charge is 0.407 e. The number of carbonyl (C=O) groups is 2. The third-order valence-electron chi connectivity index (χ3n) is 7.96. The Morgan fingerprint density at radius 3 is 2.35 bits per heavy atom. The van der Waals surface area contributed by atoms with E-state index < -0.39 is 69.9 Å². The molecule has 1 aliphatic heterocycles. The Balaban J connectivity index is 1.46. The molecule has 1 aromatic carbocycles. The molecular weight excluding hydrogens is 726 g/mol. The summed E-state index contributed by atoms with van der Waals surface area (Å²) in [5.74, 6) is -0.711. The van der Waals surface area contributed by atoms with Gasteiger partial charge in [-0.25, -0.2) is 18.2 Å². The molecule has 0 saturated carbocycles. The first kappa shape index (κ1) is 42.0.